The predicted octanol–water partition coefficient (Wildman–Crippen LogP) is 3.96. The number of pyridine rings is 1. The smallest absolute Gasteiger partial charge is 0.205 e. The van der Waals surface area contributed by atoms with E-state index in [1.807, 2.05) is 0 Å². The molecule has 2 aromatic heterocycles. The summed E-state index contributed by atoms with van der Waals surface area (Å²) in [6.07, 6.45) is 1.44. The van der Waals surface area contributed by atoms with Gasteiger partial charge >= 0.3 is 0 Å². The van der Waals surface area contributed by atoms with Crippen LogP contribution in [0.3, 0.4) is 0 Å². The Kier molecular flexibility index (Phi) is 3.28. The zero-order valence-corrected chi connectivity index (χ0v) is 11.3. The summed E-state index contributed by atoms with van der Waals surface area (Å²) >= 11 is 6.01. The first-order chi connectivity index (χ1) is 10.1. The lowest BCUT2D eigenvalue weighted by molar-refractivity contribution is 0.510. The maximum absolute atomic E-state index is 13.4. The number of nitrogens with zero attached hydrogens (tertiary/aromatic N) is 4. The number of benzene rings is 1. The summed E-state index contributed by atoms with van der Waals surface area (Å²) in [5, 5.41) is 0.117. The van der Waals surface area contributed by atoms with Crippen LogP contribution in [0.15, 0.2) is 30.5 Å². The molecule has 0 unspecified atom stereocenters. The van der Waals surface area contributed by atoms with E-state index in [1.165, 1.54) is 10.8 Å². The van der Waals surface area contributed by atoms with Crippen molar-refractivity contribution in [2.45, 2.75) is 6.54 Å². The number of fused-ring (bicyclic) bond motifs is 1. The normalized spacial score (nSPS) is 10.8. The maximum Gasteiger partial charge on any atom is 0.205 e. The Bertz CT molecular complexity index is 865. The molecule has 0 aliphatic rings. The third-order valence-electron chi connectivity index (χ3n) is 3.00. The Morgan fingerprint density at radius 1 is 1.24 bits per heavy atom. The maximum atomic E-state index is 13.4. The highest BCUT2D eigenvalue weighted by Crippen LogP contribution is 2.23. The quantitative estimate of drug-likeness (QED) is 0.672. The highest BCUT2D eigenvalue weighted by molar-refractivity contribution is 6.29. The molecule has 0 saturated carbocycles. The topological polar surface area (TPSA) is 35.1 Å². The molecule has 7 heteroatoms. The van der Waals surface area contributed by atoms with E-state index in [1.54, 1.807) is 12.1 Å². The van der Waals surface area contributed by atoms with Gasteiger partial charge in [0.2, 0.25) is 11.0 Å². The van der Waals surface area contributed by atoms with E-state index in [9.17, 15) is 8.78 Å². The molecule has 0 amide bonds. The molecule has 104 valence electrons. The fraction of sp³-hybridized carbons (Fsp3) is 0.0714. The van der Waals surface area contributed by atoms with Crippen LogP contribution in [0, 0.1) is 18.2 Å². The van der Waals surface area contributed by atoms with Gasteiger partial charge in [-0.1, -0.05) is 6.07 Å². The van der Waals surface area contributed by atoms with Crippen molar-refractivity contribution in [3.63, 3.8) is 0 Å². The van der Waals surface area contributed by atoms with Gasteiger partial charge in [-0.3, -0.25) is 4.98 Å². The molecule has 0 bridgehead atoms. The summed E-state index contributed by atoms with van der Waals surface area (Å²) in [4.78, 5) is 11.4. The Hall–Kier alpha value is -2.52. The van der Waals surface area contributed by atoms with Gasteiger partial charge < -0.3 is 4.57 Å². The number of halogens is 3. The third-order valence-corrected chi connectivity index (χ3v) is 3.29. The van der Waals surface area contributed by atoms with Crippen molar-refractivity contribution >= 4 is 28.3 Å². The van der Waals surface area contributed by atoms with Gasteiger partial charge in [0.15, 0.2) is 11.6 Å². The number of rotatable bonds is 2. The summed E-state index contributed by atoms with van der Waals surface area (Å²) in [6, 6.07) is 5.36. The molecule has 0 saturated heterocycles. The van der Waals surface area contributed by atoms with Crippen molar-refractivity contribution < 1.29 is 8.78 Å². The largest absolute Gasteiger partial charge is 0.308 e. The van der Waals surface area contributed by atoms with E-state index >= 15 is 0 Å². The molecule has 0 aliphatic heterocycles. The standard InChI is InChI=1S/C14H7ClF2N4/c1-18-8-2-3-9(19-6-8)7-21-13-5-11(17)10(16)4-12(13)20-14(21)15/h2-6H,7H2. The highest BCUT2D eigenvalue weighted by Gasteiger charge is 2.13. The Morgan fingerprint density at radius 3 is 2.67 bits per heavy atom. The second-order valence-corrected chi connectivity index (χ2v) is 4.68. The highest BCUT2D eigenvalue weighted by atomic mass is 35.5. The molecule has 0 fully saturated rings. The Morgan fingerprint density at radius 2 is 2.00 bits per heavy atom. The van der Waals surface area contributed by atoms with Crippen LogP contribution in [-0.2, 0) is 6.54 Å². The molecule has 0 atom stereocenters. The minimum atomic E-state index is -0.969. The van der Waals surface area contributed by atoms with E-state index in [-0.39, 0.29) is 17.3 Å². The predicted molar refractivity (Wildman–Crippen MR) is 74.3 cm³/mol. The molecular weight excluding hydrogens is 298 g/mol. The lowest BCUT2D eigenvalue weighted by Gasteiger charge is -2.05. The van der Waals surface area contributed by atoms with Gasteiger partial charge in [0.1, 0.15) is 0 Å². The SMILES string of the molecule is [C-]#[N+]c1ccc(Cn2c(Cl)nc3cc(F)c(F)cc32)nc1. The van der Waals surface area contributed by atoms with Crippen LogP contribution >= 0.6 is 11.6 Å². The van der Waals surface area contributed by atoms with Gasteiger partial charge in [-0.25, -0.2) is 18.6 Å². The fourth-order valence-electron chi connectivity index (χ4n) is 1.98. The van der Waals surface area contributed by atoms with E-state index in [0.717, 1.165) is 12.1 Å². The van der Waals surface area contributed by atoms with Crippen LogP contribution in [-0.4, -0.2) is 14.5 Å². The average molecular weight is 305 g/mol. The summed E-state index contributed by atoms with van der Waals surface area (Å²) < 4.78 is 28.1. The number of imidazole rings is 1. The number of hydrogen-bond donors (Lipinski definition) is 0. The lowest BCUT2D eigenvalue weighted by atomic mass is 10.3. The van der Waals surface area contributed by atoms with Gasteiger partial charge in [-0.15, -0.1) is 0 Å². The first kappa shape index (κ1) is 13.5. The fourth-order valence-corrected chi connectivity index (χ4v) is 2.22. The lowest BCUT2D eigenvalue weighted by Crippen LogP contribution is -2.02. The first-order valence-electron chi connectivity index (χ1n) is 5.91. The molecule has 21 heavy (non-hydrogen) atoms. The van der Waals surface area contributed by atoms with Crippen LogP contribution in [0.2, 0.25) is 5.28 Å². The van der Waals surface area contributed by atoms with Crippen molar-refractivity contribution in [1.29, 1.82) is 0 Å². The van der Waals surface area contributed by atoms with Crippen molar-refractivity contribution in [1.82, 2.24) is 14.5 Å². The molecule has 0 radical (unpaired) electrons. The van der Waals surface area contributed by atoms with Gasteiger partial charge in [0.05, 0.1) is 29.8 Å². The van der Waals surface area contributed by atoms with Crippen LogP contribution in [0.25, 0.3) is 15.9 Å². The van der Waals surface area contributed by atoms with E-state index in [2.05, 4.69) is 14.8 Å². The molecule has 4 nitrogen and oxygen atoms in total. The second kappa shape index (κ2) is 5.11. The summed E-state index contributed by atoms with van der Waals surface area (Å²) in [5.74, 6) is -1.93. The van der Waals surface area contributed by atoms with E-state index in [4.69, 9.17) is 18.2 Å². The average Bonchev–Trinajstić information content (AvgIpc) is 2.76. The van der Waals surface area contributed by atoms with Gasteiger partial charge in [0.25, 0.3) is 0 Å². The van der Waals surface area contributed by atoms with Crippen LogP contribution in [0.1, 0.15) is 5.69 Å². The van der Waals surface area contributed by atoms with Crippen LogP contribution in [0.4, 0.5) is 14.5 Å². The van der Waals surface area contributed by atoms with Gasteiger partial charge in [-0.05, 0) is 17.7 Å². The van der Waals surface area contributed by atoms with Crippen LogP contribution in [0.5, 0.6) is 0 Å². The summed E-state index contributed by atoms with van der Waals surface area (Å²) in [7, 11) is 0. The van der Waals surface area contributed by atoms with E-state index in [0.29, 0.717) is 16.9 Å². The van der Waals surface area contributed by atoms with Gasteiger partial charge in [0, 0.05) is 18.3 Å². The Labute approximate surface area is 123 Å². The summed E-state index contributed by atoms with van der Waals surface area (Å²) in [6.45, 7) is 7.12. The molecule has 1 aromatic carbocycles. The third kappa shape index (κ3) is 2.43. The molecule has 3 aromatic rings. The molecular formula is C14H7ClF2N4. The van der Waals surface area contributed by atoms with Crippen LogP contribution < -0.4 is 0 Å². The van der Waals surface area contributed by atoms with Crippen molar-refractivity contribution in [3.8, 4) is 0 Å². The van der Waals surface area contributed by atoms with Crippen molar-refractivity contribution in [2.24, 2.45) is 0 Å². The molecule has 2 heterocycles. The summed E-state index contributed by atoms with van der Waals surface area (Å²) in [5.41, 5.74) is 1.72. The molecule has 0 spiro atoms. The zero-order valence-electron chi connectivity index (χ0n) is 10.5. The second-order valence-electron chi connectivity index (χ2n) is 4.34. The van der Waals surface area contributed by atoms with Gasteiger partial charge in [-0.2, -0.15) is 0 Å². The number of aromatic nitrogens is 3. The molecule has 0 aliphatic carbocycles. The van der Waals surface area contributed by atoms with E-state index < -0.39 is 11.6 Å². The monoisotopic (exact) mass is 304 g/mol. The minimum absolute atomic E-state index is 0.117. The zero-order chi connectivity index (χ0) is 15.0. The Balaban J connectivity index is 2.05. The van der Waals surface area contributed by atoms with Crippen molar-refractivity contribution in [2.75, 3.05) is 0 Å². The number of hydrogen-bond acceptors (Lipinski definition) is 2. The molecule has 0 N–H and O–H groups in total. The molecule has 3 rings (SSSR count). The minimum Gasteiger partial charge on any atom is -0.308 e. The first-order valence-corrected chi connectivity index (χ1v) is 6.29. The van der Waals surface area contributed by atoms with Crippen molar-refractivity contribution in [3.05, 3.63) is 64.5 Å².